The van der Waals surface area contributed by atoms with Gasteiger partial charge in [0.1, 0.15) is 0 Å². The number of nitrogens with one attached hydrogen (secondary N) is 2. The monoisotopic (exact) mass is 355 g/mol. The molecule has 3 rings (SSSR count). The van der Waals surface area contributed by atoms with Crippen LogP contribution < -0.4 is 10.6 Å². The molecule has 7 heteroatoms. The summed E-state index contributed by atoms with van der Waals surface area (Å²) < 4.78 is 1.76. The Morgan fingerprint density at radius 2 is 2.00 bits per heavy atom. The number of aromatic nitrogens is 2. The van der Waals surface area contributed by atoms with Gasteiger partial charge in [-0.1, -0.05) is 12.1 Å². The number of carbonyl (C=O) groups excluding carboxylic acids is 2. The van der Waals surface area contributed by atoms with Crippen molar-refractivity contribution < 1.29 is 9.59 Å². The lowest BCUT2D eigenvalue weighted by atomic mass is 9.90. The third-order valence-electron chi connectivity index (χ3n) is 4.78. The summed E-state index contributed by atoms with van der Waals surface area (Å²) in [4.78, 5) is 26.1. The number of carbonyl (C=O) groups is 2. The number of hydrogen-bond acceptors (Lipinski definition) is 4. The molecule has 0 bridgehead atoms. The van der Waals surface area contributed by atoms with E-state index < -0.39 is 0 Å². The number of aryl methyl sites for hydroxylation is 1. The summed E-state index contributed by atoms with van der Waals surface area (Å²) in [5, 5.41) is 10.5. The molecular formula is C19H25N5O2. The van der Waals surface area contributed by atoms with Gasteiger partial charge in [0.2, 0.25) is 11.8 Å². The first-order valence-electron chi connectivity index (χ1n) is 8.73. The average Bonchev–Trinajstić information content (AvgIpc) is 3.25. The molecule has 138 valence electrons. The topological polar surface area (TPSA) is 79.3 Å². The summed E-state index contributed by atoms with van der Waals surface area (Å²) in [6.07, 6.45) is 4.15. The Morgan fingerprint density at radius 1 is 1.27 bits per heavy atom. The Kier molecular flexibility index (Phi) is 5.37. The highest BCUT2D eigenvalue weighted by molar-refractivity contribution is 5.93. The van der Waals surface area contributed by atoms with Crippen LogP contribution in [0.1, 0.15) is 17.0 Å². The summed E-state index contributed by atoms with van der Waals surface area (Å²) in [7, 11) is 5.36. The molecular weight excluding hydrogens is 330 g/mol. The lowest BCUT2D eigenvalue weighted by Crippen LogP contribution is -2.28. The molecule has 0 aliphatic carbocycles. The SMILES string of the molecule is CN(C)C(=O)Cc1ccc(NC(=O)[C@H]2CNC[C@@H]2c2cnn(C)c2)cc1. The normalized spacial score (nSPS) is 19.3. The highest BCUT2D eigenvalue weighted by Gasteiger charge is 2.34. The fourth-order valence-electron chi connectivity index (χ4n) is 3.21. The quantitative estimate of drug-likeness (QED) is 0.838. The molecule has 1 fully saturated rings. The number of amides is 2. The number of rotatable bonds is 5. The van der Waals surface area contributed by atoms with Crippen LogP contribution in [0, 0.1) is 5.92 Å². The predicted molar refractivity (Wildman–Crippen MR) is 99.8 cm³/mol. The van der Waals surface area contributed by atoms with Gasteiger partial charge in [-0.05, 0) is 23.3 Å². The number of benzene rings is 1. The van der Waals surface area contributed by atoms with Gasteiger partial charge in [-0.3, -0.25) is 14.3 Å². The van der Waals surface area contributed by atoms with Crippen LogP contribution in [0.5, 0.6) is 0 Å². The van der Waals surface area contributed by atoms with E-state index in [2.05, 4.69) is 15.7 Å². The van der Waals surface area contributed by atoms with E-state index in [9.17, 15) is 9.59 Å². The molecule has 26 heavy (non-hydrogen) atoms. The standard InChI is InChI=1S/C19H25N5O2/c1-23(2)18(25)8-13-4-6-15(7-5-13)22-19(26)17-11-20-10-16(17)14-9-21-24(3)12-14/h4-7,9,12,16-17,20H,8,10-11H2,1-3H3,(H,22,26)/t16-,17+/m1/s1. The van der Waals surface area contributed by atoms with Gasteiger partial charge in [-0.15, -0.1) is 0 Å². The largest absolute Gasteiger partial charge is 0.349 e. The second-order valence-corrected chi connectivity index (χ2v) is 6.97. The van der Waals surface area contributed by atoms with E-state index in [1.54, 1.807) is 23.7 Å². The van der Waals surface area contributed by atoms with Gasteiger partial charge in [-0.2, -0.15) is 5.10 Å². The molecule has 2 N–H and O–H groups in total. The number of hydrogen-bond donors (Lipinski definition) is 2. The Labute approximate surface area is 153 Å². The van der Waals surface area contributed by atoms with Crippen LogP contribution in [-0.2, 0) is 23.1 Å². The van der Waals surface area contributed by atoms with Gasteiger partial charge < -0.3 is 15.5 Å². The van der Waals surface area contributed by atoms with Crippen LogP contribution in [0.15, 0.2) is 36.7 Å². The first-order chi connectivity index (χ1) is 12.4. The van der Waals surface area contributed by atoms with Gasteiger partial charge in [0.25, 0.3) is 0 Å². The minimum absolute atomic E-state index is 0.000899. The molecule has 0 spiro atoms. The molecule has 1 aromatic heterocycles. The van der Waals surface area contributed by atoms with Crippen molar-refractivity contribution >= 4 is 17.5 Å². The summed E-state index contributed by atoms with van der Waals surface area (Å²) in [6.45, 7) is 1.43. The van der Waals surface area contributed by atoms with Gasteiger partial charge in [0.15, 0.2) is 0 Å². The van der Waals surface area contributed by atoms with Crippen molar-refractivity contribution in [1.29, 1.82) is 0 Å². The first kappa shape index (κ1) is 18.1. The van der Waals surface area contributed by atoms with Crippen LogP contribution >= 0.6 is 0 Å². The summed E-state index contributed by atoms with van der Waals surface area (Å²) in [5.41, 5.74) is 2.75. The summed E-state index contributed by atoms with van der Waals surface area (Å²) in [5.74, 6) is 0.0500. The highest BCUT2D eigenvalue weighted by atomic mass is 16.2. The molecule has 0 unspecified atom stereocenters. The van der Waals surface area contributed by atoms with Crippen molar-refractivity contribution in [3.63, 3.8) is 0 Å². The van der Waals surface area contributed by atoms with E-state index in [1.165, 1.54) is 0 Å². The van der Waals surface area contributed by atoms with E-state index >= 15 is 0 Å². The van der Waals surface area contributed by atoms with Crippen molar-refractivity contribution in [1.82, 2.24) is 20.0 Å². The molecule has 1 saturated heterocycles. The first-order valence-corrected chi connectivity index (χ1v) is 8.73. The predicted octanol–water partition coefficient (Wildman–Crippen LogP) is 0.993. The summed E-state index contributed by atoms with van der Waals surface area (Å²) in [6, 6.07) is 7.44. The van der Waals surface area contributed by atoms with Crippen molar-refractivity contribution in [2.75, 3.05) is 32.5 Å². The Morgan fingerprint density at radius 3 is 2.62 bits per heavy atom. The number of likely N-dealkylation sites (N-methyl/N-ethyl adjacent to an activating group) is 1. The van der Waals surface area contributed by atoms with Crippen LogP contribution in [0.2, 0.25) is 0 Å². The Hall–Kier alpha value is -2.67. The van der Waals surface area contributed by atoms with Crippen LogP contribution in [0.4, 0.5) is 5.69 Å². The van der Waals surface area contributed by atoms with Crippen molar-refractivity contribution in [2.24, 2.45) is 13.0 Å². The zero-order chi connectivity index (χ0) is 18.7. The van der Waals surface area contributed by atoms with Crippen LogP contribution in [-0.4, -0.2) is 53.7 Å². The van der Waals surface area contributed by atoms with Crippen molar-refractivity contribution in [3.05, 3.63) is 47.8 Å². The van der Waals surface area contributed by atoms with E-state index in [1.807, 2.05) is 43.7 Å². The summed E-state index contributed by atoms with van der Waals surface area (Å²) >= 11 is 0. The van der Waals surface area contributed by atoms with E-state index in [-0.39, 0.29) is 23.7 Å². The van der Waals surface area contributed by atoms with E-state index in [4.69, 9.17) is 0 Å². The minimum Gasteiger partial charge on any atom is -0.349 e. The molecule has 2 atom stereocenters. The van der Waals surface area contributed by atoms with Crippen LogP contribution in [0.25, 0.3) is 0 Å². The zero-order valence-corrected chi connectivity index (χ0v) is 15.4. The number of nitrogens with zero attached hydrogens (tertiary/aromatic N) is 3. The lowest BCUT2D eigenvalue weighted by Gasteiger charge is -2.17. The van der Waals surface area contributed by atoms with Crippen molar-refractivity contribution in [3.8, 4) is 0 Å². The molecule has 7 nitrogen and oxygen atoms in total. The van der Waals surface area contributed by atoms with Gasteiger partial charge in [0.05, 0.1) is 18.5 Å². The van der Waals surface area contributed by atoms with Gasteiger partial charge >= 0.3 is 0 Å². The van der Waals surface area contributed by atoms with E-state index in [0.717, 1.165) is 23.4 Å². The highest BCUT2D eigenvalue weighted by Crippen LogP contribution is 2.28. The maximum absolute atomic E-state index is 12.7. The molecule has 1 aliphatic rings. The Balaban J connectivity index is 1.63. The molecule has 2 amide bonds. The second-order valence-electron chi connectivity index (χ2n) is 6.97. The zero-order valence-electron chi connectivity index (χ0n) is 15.4. The fraction of sp³-hybridized carbons (Fsp3) is 0.421. The Bertz CT molecular complexity index is 781. The van der Waals surface area contributed by atoms with Crippen molar-refractivity contribution in [2.45, 2.75) is 12.3 Å². The number of anilines is 1. The lowest BCUT2D eigenvalue weighted by molar-refractivity contribution is -0.128. The smallest absolute Gasteiger partial charge is 0.229 e. The molecule has 0 radical (unpaired) electrons. The average molecular weight is 355 g/mol. The molecule has 1 aliphatic heterocycles. The third kappa shape index (κ3) is 4.11. The third-order valence-corrected chi connectivity index (χ3v) is 4.78. The molecule has 0 saturated carbocycles. The fourth-order valence-corrected chi connectivity index (χ4v) is 3.21. The minimum atomic E-state index is -0.130. The maximum Gasteiger partial charge on any atom is 0.229 e. The molecule has 1 aromatic carbocycles. The van der Waals surface area contributed by atoms with E-state index in [0.29, 0.717) is 13.0 Å². The van der Waals surface area contributed by atoms with Gasteiger partial charge in [-0.25, -0.2) is 0 Å². The van der Waals surface area contributed by atoms with Crippen LogP contribution in [0.3, 0.4) is 0 Å². The molecule has 2 heterocycles. The maximum atomic E-state index is 12.7. The second kappa shape index (κ2) is 7.70. The molecule has 2 aromatic rings. The van der Waals surface area contributed by atoms with Gasteiger partial charge in [0, 0.05) is 52.0 Å².